The molecule has 3 aromatic rings. The molecular formula is C12H15N7S2. The van der Waals surface area contributed by atoms with Crippen LogP contribution in [0.25, 0.3) is 11.3 Å². The van der Waals surface area contributed by atoms with Crippen molar-refractivity contribution in [2.75, 3.05) is 11.1 Å². The lowest BCUT2D eigenvalue weighted by Crippen LogP contribution is -2.07. The van der Waals surface area contributed by atoms with E-state index in [1.807, 2.05) is 16.9 Å². The average Bonchev–Trinajstić information content (AvgIpc) is 3.16. The smallest absolute Gasteiger partial charge is 0.152 e. The molecular weight excluding hydrogens is 306 g/mol. The maximum Gasteiger partial charge on any atom is 0.152 e. The van der Waals surface area contributed by atoms with Gasteiger partial charge in [0, 0.05) is 11.9 Å². The molecule has 21 heavy (non-hydrogen) atoms. The quantitative estimate of drug-likeness (QED) is 0.749. The van der Waals surface area contributed by atoms with Gasteiger partial charge in [-0.25, -0.2) is 4.98 Å². The Morgan fingerprint density at radius 3 is 3.00 bits per heavy atom. The minimum absolute atomic E-state index is 0.504. The molecule has 0 atom stereocenters. The second-order valence-corrected chi connectivity index (χ2v) is 6.25. The van der Waals surface area contributed by atoms with Crippen molar-refractivity contribution in [3.8, 4) is 11.3 Å². The van der Waals surface area contributed by atoms with E-state index in [1.54, 1.807) is 17.7 Å². The normalized spacial score (nSPS) is 11.0. The third-order valence-corrected chi connectivity index (χ3v) is 4.63. The van der Waals surface area contributed by atoms with Crippen molar-refractivity contribution in [3.63, 3.8) is 0 Å². The molecule has 3 rings (SSSR count). The van der Waals surface area contributed by atoms with Crippen molar-refractivity contribution in [1.29, 1.82) is 0 Å². The largest absolute Gasteiger partial charge is 0.382 e. The zero-order chi connectivity index (χ0) is 14.8. The molecule has 0 saturated heterocycles. The van der Waals surface area contributed by atoms with Gasteiger partial charge < -0.3 is 15.6 Å². The molecule has 3 heterocycles. The van der Waals surface area contributed by atoms with Gasteiger partial charge in [-0.15, -0.1) is 21.5 Å². The van der Waals surface area contributed by atoms with Crippen molar-refractivity contribution in [1.82, 2.24) is 24.1 Å². The summed E-state index contributed by atoms with van der Waals surface area (Å²) in [7, 11) is 0. The molecule has 0 aromatic carbocycles. The SMILES string of the molecule is CCn1cnnc1CNc1snc(N)c1-c1csc(C)n1. The summed E-state index contributed by atoms with van der Waals surface area (Å²) < 4.78 is 6.21. The molecule has 0 aliphatic carbocycles. The first-order valence-electron chi connectivity index (χ1n) is 6.47. The molecule has 0 aliphatic rings. The number of anilines is 2. The van der Waals surface area contributed by atoms with E-state index in [0.29, 0.717) is 12.4 Å². The number of hydrogen-bond donors (Lipinski definition) is 2. The lowest BCUT2D eigenvalue weighted by molar-refractivity contribution is 0.708. The van der Waals surface area contributed by atoms with Gasteiger partial charge in [0.1, 0.15) is 17.1 Å². The Morgan fingerprint density at radius 1 is 1.43 bits per heavy atom. The summed E-state index contributed by atoms with van der Waals surface area (Å²) >= 11 is 2.93. The van der Waals surface area contributed by atoms with Gasteiger partial charge in [-0.05, 0) is 25.4 Å². The van der Waals surface area contributed by atoms with Crippen LogP contribution in [0.1, 0.15) is 17.8 Å². The number of hydrogen-bond acceptors (Lipinski definition) is 8. The maximum absolute atomic E-state index is 5.98. The van der Waals surface area contributed by atoms with Crippen LogP contribution in [0.5, 0.6) is 0 Å². The summed E-state index contributed by atoms with van der Waals surface area (Å²) in [6, 6.07) is 0. The number of nitrogen functional groups attached to an aromatic ring is 1. The van der Waals surface area contributed by atoms with E-state index in [4.69, 9.17) is 5.73 Å². The fourth-order valence-electron chi connectivity index (χ4n) is 1.99. The molecule has 0 radical (unpaired) electrons. The highest BCUT2D eigenvalue weighted by molar-refractivity contribution is 7.11. The van der Waals surface area contributed by atoms with E-state index in [9.17, 15) is 0 Å². The molecule has 0 fully saturated rings. The summed E-state index contributed by atoms with van der Waals surface area (Å²) in [4.78, 5) is 4.49. The number of nitrogens with zero attached hydrogens (tertiary/aromatic N) is 5. The summed E-state index contributed by atoms with van der Waals surface area (Å²) in [5.41, 5.74) is 7.71. The molecule has 0 aliphatic heterocycles. The first-order valence-corrected chi connectivity index (χ1v) is 8.12. The van der Waals surface area contributed by atoms with E-state index < -0.39 is 0 Å². The summed E-state index contributed by atoms with van der Waals surface area (Å²) in [5.74, 6) is 1.38. The van der Waals surface area contributed by atoms with Crippen LogP contribution in [0.3, 0.4) is 0 Å². The van der Waals surface area contributed by atoms with Gasteiger partial charge in [-0.3, -0.25) is 0 Å². The number of nitrogens with one attached hydrogen (secondary N) is 1. The van der Waals surface area contributed by atoms with E-state index in [2.05, 4.69) is 31.8 Å². The lowest BCUT2D eigenvalue weighted by Gasteiger charge is -2.06. The fraction of sp³-hybridized carbons (Fsp3) is 0.333. The Kier molecular flexibility index (Phi) is 3.84. The van der Waals surface area contributed by atoms with Crippen LogP contribution in [0.15, 0.2) is 11.7 Å². The number of rotatable bonds is 5. The molecule has 0 bridgehead atoms. The van der Waals surface area contributed by atoms with Crippen molar-refractivity contribution >= 4 is 33.7 Å². The summed E-state index contributed by atoms with van der Waals surface area (Å²) in [5, 5.41) is 15.3. The van der Waals surface area contributed by atoms with Gasteiger partial charge in [-0.2, -0.15) is 4.37 Å². The zero-order valence-corrected chi connectivity index (χ0v) is 13.3. The molecule has 3 aromatic heterocycles. The molecule has 9 heteroatoms. The molecule has 0 amide bonds. The van der Waals surface area contributed by atoms with Crippen LogP contribution in [-0.4, -0.2) is 24.1 Å². The Bertz CT molecular complexity index is 742. The van der Waals surface area contributed by atoms with Crippen LogP contribution in [0.2, 0.25) is 0 Å². The molecule has 0 unspecified atom stereocenters. The third-order valence-electron chi connectivity index (χ3n) is 3.04. The van der Waals surface area contributed by atoms with Gasteiger partial charge in [0.15, 0.2) is 5.82 Å². The number of thiazole rings is 1. The van der Waals surface area contributed by atoms with E-state index >= 15 is 0 Å². The fourth-order valence-corrected chi connectivity index (χ4v) is 3.31. The van der Waals surface area contributed by atoms with Crippen molar-refractivity contribution in [2.45, 2.75) is 26.9 Å². The Labute approximate surface area is 130 Å². The zero-order valence-electron chi connectivity index (χ0n) is 11.7. The molecule has 0 saturated carbocycles. The van der Waals surface area contributed by atoms with Gasteiger partial charge in [0.05, 0.1) is 22.8 Å². The van der Waals surface area contributed by atoms with Crippen molar-refractivity contribution in [3.05, 3.63) is 22.5 Å². The van der Waals surface area contributed by atoms with Crippen LogP contribution < -0.4 is 11.1 Å². The first kappa shape index (κ1) is 14.0. The predicted octanol–water partition coefficient (Wildman–Crippen LogP) is 2.38. The van der Waals surface area contributed by atoms with Crippen LogP contribution in [0.4, 0.5) is 10.8 Å². The third kappa shape index (κ3) is 2.74. The number of nitrogens with two attached hydrogens (primary N) is 1. The molecule has 7 nitrogen and oxygen atoms in total. The topological polar surface area (TPSA) is 94.5 Å². The van der Waals surface area contributed by atoms with Gasteiger partial charge in [0.25, 0.3) is 0 Å². The number of aryl methyl sites for hydroxylation is 2. The van der Waals surface area contributed by atoms with Gasteiger partial charge >= 0.3 is 0 Å². The molecule has 3 N–H and O–H groups in total. The molecule has 0 spiro atoms. The summed E-state index contributed by atoms with van der Waals surface area (Å²) in [6.45, 7) is 5.45. The second kappa shape index (κ2) is 5.78. The van der Waals surface area contributed by atoms with Gasteiger partial charge in [-0.1, -0.05) is 0 Å². The van der Waals surface area contributed by atoms with E-state index in [0.717, 1.165) is 33.6 Å². The number of aromatic nitrogens is 5. The predicted molar refractivity (Wildman–Crippen MR) is 85.4 cm³/mol. The van der Waals surface area contributed by atoms with Crippen LogP contribution in [0, 0.1) is 6.92 Å². The second-order valence-electron chi connectivity index (χ2n) is 4.41. The highest BCUT2D eigenvalue weighted by Gasteiger charge is 2.16. The highest BCUT2D eigenvalue weighted by atomic mass is 32.1. The van der Waals surface area contributed by atoms with E-state index in [1.165, 1.54) is 11.5 Å². The van der Waals surface area contributed by atoms with Crippen molar-refractivity contribution < 1.29 is 0 Å². The Balaban J connectivity index is 1.84. The highest BCUT2D eigenvalue weighted by Crippen LogP contribution is 2.37. The summed E-state index contributed by atoms with van der Waals surface area (Å²) in [6.07, 6.45) is 1.72. The maximum atomic E-state index is 5.98. The average molecular weight is 321 g/mol. The minimum Gasteiger partial charge on any atom is -0.382 e. The Hall–Kier alpha value is -2.00. The van der Waals surface area contributed by atoms with Crippen LogP contribution >= 0.6 is 22.9 Å². The Morgan fingerprint density at radius 2 is 2.29 bits per heavy atom. The standard InChI is InChI=1S/C12H15N7S2/c1-3-19-6-15-17-9(19)4-14-12-10(11(13)18-21-12)8-5-20-7(2)16-8/h5-6,14H,3-4H2,1-2H3,(H2,13,18). The lowest BCUT2D eigenvalue weighted by atomic mass is 10.2. The molecule has 110 valence electrons. The van der Waals surface area contributed by atoms with Gasteiger partial charge in [0.2, 0.25) is 0 Å². The monoisotopic (exact) mass is 321 g/mol. The van der Waals surface area contributed by atoms with Crippen LogP contribution in [-0.2, 0) is 13.1 Å². The first-order chi connectivity index (χ1) is 10.2. The van der Waals surface area contributed by atoms with Crippen molar-refractivity contribution in [2.24, 2.45) is 0 Å². The van der Waals surface area contributed by atoms with E-state index in [-0.39, 0.29) is 0 Å². The minimum atomic E-state index is 0.504.